The molecule has 4 nitrogen and oxygen atoms in total. The normalized spacial score (nSPS) is 10.3. The molecule has 0 saturated carbocycles. The summed E-state index contributed by atoms with van der Waals surface area (Å²) in [5.74, 6) is 2.00. The van der Waals surface area contributed by atoms with Gasteiger partial charge in [0, 0.05) is 10.0 Å². The van der Waals surface area contributed by atoms with Crippen LogP contribution in [0.5, 0.6) is 17.2 Å². The van der Waals surface area contributed by atoms with Gasteiger partial charge in [-0.1, -0.05) is 15.9 Å². The van der Waals surface area contributed by atoms with E-state index in [1.165, 1.54) is 0 Å². The Labute approximate surface area is 144 Å². The highest BCUT2D eigenvalue weighted by molar-refractivity contribution is 9.10. The van der Waals surface area contributed by atoms with Crippen LogP contribution < -0.4 is 14.2 Å². The van der Waals surface area contributed by atoms with Gasteiger partial charge in [0.15, 0.2) is 11.5 Å². The molecule has 0 aliphatic rings. The van der Waals surface area contributed by atoms with Gasteiger partial charge in [0.05, 0.1) is 7.11 Å². The van der Waals surface area contributed by atoms with Crippen molar-refractivity contribution in [2.75, 3.05) is 20.3 Å². The summed E-state index contributed by atoms with van der Waals surface area (Å²) >= 11 is 3.47. The van der Waals surface area contributed by atoms with Crippen molar-refractivity contribution in [1.82, 2.24) is 0 Å². The van der Waals surface area contributed by atoms with Crippen molar-refractivity contribution in [3.05, 3.63) is 51.5 Å². The fourth-order valence-corrected chi connectivity index (χ4v) is 2.98. The lowest BCUT2D eigenvalue weighted by molar-refractivity contribution is 0.112. The minimum atomic E-state index is 0.381. The number of carbonyl (C=O) groups is 1. The summed E-state index contributed by atoms with van der Waals surface area (Å²) in [5.41, 5.74) is 2.70. The first-order chi connectivity index (χ1) is 11.0. The van der Waals surface area contributed by atoms with Crippen LogP contribution in [-0.4, -0.2) is 26.6 Å². The third kappa shape index (κ3) is 4.48. The van der Waals surface area contributed by atoms with E-state index >= 15 is 0 Å². The van der Waals surface area contributed by atoms with E-state index in [1.54, 1.807) is 25.3 Å². The van der Waals surface area contributed by atoms with Gasteiger partial charge in [0.25, 0.3) is 0 Å². The van der Waals surface area contributed by atoms with Crippen LogP contribution in [0.1, 0.15) is 21.5 Å². The maximum absolute atomic E-state index is 10.8. The Balaban J connectivity index is 1.95. The largest absolute Gasteiger partial charge is 0.493 e. The zero-order valence-corrected chi connectivity index (χ0v) is 15.0. The van der Waals surface area contributed by atoms with Crippen LogP contribution in [0.4, 0.5) is 0 Å². The molecular formula is C18H19BrO4. The second-order valence-electron chi connectivity index (χ2n) is 5.09. The Morgan fingerprint density at radius 3 is 2.26 bits per heavy atom. The van der Waals surface area contributed by atoms with Crippen LogP contribution in [-0.2, 0) is 0 Å². The van der Waals surface area contributed by atoms with Crippen molar-refractivity contribution in [1.29, 1.82) is 0 Å². The highest BCUT2D eigenvalue weighted by Gasteiger charge is 2.08. The van der Waals surface area contributed by atoms with Gasteiger partial charge in [-0.15, -0.1) is 0 Å². The predicted molar refractivity (Wildman–Crippen MR) is 93.0 cm³/mol. The quantitative estimate of drug-likeness (QED) is 0.530. The van der Waals surface area contributed by atoms with Crippen LogP contribution in [0.15, 0.2) is 34.8 Å². The molecule has 122 valence electrons. The number of hydrogen-bond donors (Lipinski definition) is 0. The summed E-state index contributed by atoms with van der Waals surface area (Å²) in [7, 11) is 1.54. The highest BCUT2D eigenvalue weighted by atomic mass is 79.9. The minimum Gasteiger partial charge on any atom is -0.493 e. The number of carbonyl (C=O) groups excluding carboxylic acids is 1. The summed E-state index contributed by atoms with van der Waals surface area (Å²) in [6.07, 6.45) is 0.772. The summed E-state index contributed by atoms with van der Waals surface area (Å²) in [4.78, 5) is 10.8. The van der Waals surface area contributed by atoms with Gasteiger partial charge in [-0.25, -0.2) is 0 Å². The van der Waals surface area contributed by atoms with Crippen LogP contribution in [0.25, 0.3) is 0 Å². The lowest BCUT2D eigenvalue weighted by atomic mass is 10.1. The number of hydrogen-bond acceptors (Lipinski definition) is 4. The molecule has 0 radical (unpaired) electrons. The molecule has 0 aliphatic carbocycles. The van der Waals surface area contributed by atoms with E-state index in [-0.39, 0.29) is 0 Å². The Morgan fingerprint density at radius 2 is 1.65 bits per heavy atom. The van der Waals surface area contributed by atoms with Gasteiger partial charge < -0.3 is 14.2 Å². The van der Waals surface area contributed by atoms with E-state index in [0.717, 1.165) is 27.6 Å². The Bertz CT molecular complexity index is 674. The van der Waals surface area contributed by atoms with Crippen molar-refractivity contribution in [2.45, 2.75) is 13.8 Å². The minimum absolute atomic E-state index is 0.381. The zero-order chi connectivity index (χ0) is 16.8. The maximum Gasteiger partial charge on any atom is 0.161 e. The topological polar surface area (TPSA) is 44.8 Å². The number of rotatable bonds is 7. The number of halogens is 1. The first-order valence-corrected chi connectivity index (χ1v) is 8.00. The van der Waals surface area contributed by atoms with Crippen molar-refractivity contribution >= 4 is 22.2 Å². The fraction of sp³-hybridized carbons (Fsp3) is 0.278. The molecule has 0 atom stereocenters. The lowest BCUT2D eigenvalue weighted by Gasteiger charge is -2.14. The van der Waals surface area contributed by atoms with E-state index in [0.29, 0.717) is 30.3 Å². The van der Waals surface area contributed by atoms with Crippen molar-refractivity contribution in [2.24, 2.45) is 0 Å². The highest BCUT2D eigenvalue weighted by Crippen LogP contribution is 2.29. The van der Waals surface area contributed by atoms with Crippen molar-refractivity contribution in [3.63, 3.8) is 0 Å². The molecule has 2 rings (SSSR count). The van der Waals surface area contributed by atoms with Gasteiger partial charge in [-0.3, -0.25) is 4.79 Å². The maximum atomic E-state index is 10.8. The van der Waals surface area contributed by atoms with Gasteiger partial charge >= 0.3 is 0 Å². The number of methoxy groups -OCH3 is 1. The molecule has 0 saturated heterocycles. The van der Waals surface area contributed by atoms with Crippen LogP contribution in [0.3, 0.4) is 0 Å². The van der Waals surface area contributed by atoms with Gasteiger partial charge in [-0.2, -0.15) is 0 Å². The molecule has 0 N–H and O–H groups in total. The molecule has 0 heterocycles. The number of aryl methyl sites for hydroxylation is 2. The molecule has 0 aliphatic heterocycles. The predicted octanol–water partition coefficient (Wildman–Crippen LogP) is 4.34. The fourth-order valence-electron chi connectivity index (χ4n) is 2.30. The molecule has 0 amide bonds. The van der Waals surface area contributed by atoms with Gasteiger partial charge in [0.2, 0.25) is 0 Å². The molecule has 0 spiro atoms. The Kier molecular flexibility index (Phi) is 6.04. The molecule has 2 aromatic carbocycles. The standard InChI is InChI=1S/C18H19BrO4/c1-12-8-15(19)9-13(2)18(12)23-7-6-22-16-5-4-14(11-20)10-17(16)21-3/h4-5,8-11H,6-7H2,1-3H3. The third-order valence-corrected chi connectivity index (χ3v) is 3.79. The average molecular weight is 379 g/mol. The summed E-state index contributed by atoms with van der Waals surface area (Å²) < 4.78 is 17.8. The smallest absolute Gasteiger partial charge is 0.161 e. The van der Waals surface area contributed by atoms with Crippen molar-refractivity contribution in [3.8, 4) is 17.2 Å². The van der Waals surface area contributed by atoms with E-state index in [1.807, 2.05) is 26.0 Å². The Hall–Kier alpha value is -2.01. The Morgan fingerprint density at radius 1 is 1.00 bits per heavy atom. The molecule has 0 unspecified atom stereocenters. The summed E-state index contributed by atoms with van der Waals surface area (Å²) in [6, 6.07) is 9.09. The molecular weight excluding hydrogens is 360 g/mol. The van der Waals surface area contributed by atoms with Gasteiger partial charge in [0.1, 0.15) is 25.2 Å². The van der Waals surface area contributed by atoms with Gasteiger partial charge in [-0.05, 0) is 55.3 Å². The van der Waals surface area contributed by atoms with Crippen LogP contribution in [0.2, 0.25) is 0 Å². The number of aldehydes is 1. The van der Waals surface area contributed by atoms with E-state index in [2.05, 4.69) is 15.9 Å². The van der Waals surface area contributed by atoms with E-state index < -0.39 is 0 Å². The molecule has 23 heavy (non-hydrogen) atoms. The number of ether oxygens (including phenoxy) is 3. The molecule has 0 aromatic heterocycles. The first-order valence-electron chi connectivity index (χ1n) is 7.20. The molecule has 0 fully saturated rings. The summed E-state index contributed by atoms with van der Waals surface area (Å²) in [5, 5.41) is 0. The number of benzene rings is 2. The molecule has 2 aromatic rings. The second kappa shape index (κ2) is 8.02. The van der Waals surface area contributed by atoms with E-state index in [4.69, 9.17) is 14.2 Å². The lowest BCUT2D eigenvalue weighted by Crippen LogP contribution is -2.11. The third-order valence-electron chi connectivity index (χ3n) is 3.34. The van der Waals surface area contributed by atoms with Crippen LogP contribution in [0, 0.1) is 13.8 Å². The monoisotopic (exact) mass is 378 g/mol. The molecule has 5 heteroatoms. The molecule has 0 bridgehead atoms. The zero-order valence-electron chi connectivity index (χ0n) is 13.4. The van der Waals surface area contributed by atoms with E-state index in [9.17, 15) is 4.79 Å². The first kappa shape index (κ1) is 17.3. The second-order valence-corrected chi connectivity index (χ2v) is 6.01. The summed E-state index contributed by atoms with van der Waals surface area (Å²) in [6.45, 7) is 4.82. The SMILES string of the molecule is COc1cc(C=O)ccc1OCCOc1c(C)cc(Br)cc1C. The average Bonchev–Trinajstić information content (AvgIpc) is 2.53. The van der Waals surface area contributed by atoms with Crippen molar-refractivity contribution < 1.29 is 19.0 Å². The van der Waals surface area contributed by atoms with Crippen LogP contribution >= 0.6 is 15.9 Å².